The molecule has 0 saturated carbocycles. The predicted molar refractivity (Wildman–Crippen MR) is 141 cm³/mol. The lowest BCUT2D eigenvalue weighted by Gasteiger charge is -2.38. The summed E-state index contributed by atoms with van der Waals surface area (Å²) in [6.07, 6.45) is 1.03. The van der Waals surface area contributed by atoms with E-state index in [1.54, 1.807) is 18.2 Å². The number of ether oxygens (including phenoxy) is 1. The quantitative estimate of drug-likeness (QED) is 0.183. The maximum absolute atomic E-state index is 14.2. The largest absolute Gasteiger partial charge is 0.484 e. The van der Waals surface area contributed by atoms with Crippen LogP contribution in [0, 0.1) is 29.1 Å². The molecule has 0 spiro atoms. The van der Waals surface area contributed by atoms with Crippen LogP contribution in [0.1, 0.15) is 31.7 Å². The van der Waals surface area contributed by atoms with E-state index in [1.165, 1.54) is 5.56 Å². The molecule has 4 rings (SSSR count). The first-order chi connectivity index (χ1) is 18.6. The number of amides is 1. The molecule has 1 amide bonds. The number of nitrogens with one attached hydrogen (secondary N) is 1. The Kier molecular flexibility index (Phi) is 8.84. The summed E-state index contributed by atoms with van der Waals surface area (Å²) < 4.78 is 74.5. The maximum atomic E-state index is 14.2. The zero-order chi connectivity index (χ0) is 28.3. The maximum Gasteiger partial charge on any atom is 0.262 e. The van der Waals surface area contributed by atoms with Crippen molar-refractivity contribution in [3.63, 3.8) is 0 Å². The van der Waals surface area contributed by atoms with Crippen LogP contribution in [0.2, 0.25) is 5.02 Å². The number of carbonyl (C=O) groups is 1. The number of piperazine rings is 1. The smallest absolute Gasteiger partial charge is 0.262 e. The molecule has 0 aliphatic carbocycles. The molecule has 11 heteroatoms. The molecule has 1 heterocycles. The van der Waals surface area contributed by atoms with Gasteiger partial charge in [0.15, 0.2) is 29.9 Å². The molecule has 208 valence electrons. The summed E-state index contributed by atoms with van der Waals surface area (Å²) in [7, 11) is 0. The molecule has 1 aliphatic heterocycles. The monoisotopic (exact) mass is 567 g/mol. The van der Waals surface area contributed by atoms with Crippen LogP contribution in [0.3, 0.4) is 0 Å². The molecule has 1 fully saturated rings. The third-order valence-electron chi connectivity index (χ3n) is 6.79. The van der Waals surface area contributed by atoms with Crippen molar-refractivity contribution < 1.29 is 31.5 Å². The highest BCUT2D eigenvalue weighted by Crippen LogP contribution is 2.33. The van der Waals surface area contributed by atoms with Crippen molar-refractivity contribution >= 4 is 34.6 Å². The summed E-state index contributed by atoms with van der Waals surface area (Å²) in [5.41, 5.74) is 1.31. The number of rotatable bonds is 8. The minimum Gasteiger partial charge on any atom is -0.484 e. The Morgan fingerprint density at radius 2 is 1.46 bits per heavy atom. The lowest BCUT2D eigenvalue weighted by molar-refractivity contribution is -0.118. The van der Waals surface area contributed by atoms with Gasteiger partial charge in [0.2, 0.25) is 5.82 Å². The SMILES string of the molecule is CC[C@@H](C)c1ccc(OCC(=O)Nc2ccc(N3CCN(c4c(F)c(F)c(F)c(F)c4F)CC3)c(Cl)c2)cc1. The van der Waals surface area contributed by atoms with Gasteiger partial charge < -0.3 is 19.9 Å². The molecular weight excluding hydrogens is 541 g/mol. The van der Waals surface area contributed by atoms with Crippen LogP contribution in [0.5, 0.6) is 5.75 Å². The molecule has 1 atom stereocenters. The van der Waals surface area contributed by atoms with E-state index in [0.29, 0.717) is 28.1 Å². The average Bonchev–Trinajstić information content (AvgIpc) is 2.94. The highest BCUT2D eigenvalue weighted by molar-refractivity contribution is 6.33. The summed E-state index contributed by atoms with van der Waals surface area (Å²) in [6.45, 7) is 4.50. The van der Waals surface area contributed by atoms with Gasteiger partial charge in [-0.2, -0.15) is 0 Å². The molecule has 0 bridgehead atoms. The standard InChI is InChI=1S/C28H27ClF5N3O2/c1-3-16(2)17-4-7-19(8-5-17)39-15-22(38)35-18-6-9-21(20(29)14-18)36-10-12-37(13-11-36)28-26(33)24(31)23(30)25(32)27(28)34/h4-9,14,16H,3,10-13,15H2,1-2H3,(H,35,38)/t16-/m1/s1. The minimum absolute atomic E-state index is 0.00282. The van der Waals surface area contributed by atoms with E-state index in [4.69, 9.17) is 16.3 Å². The first kappa shape index (κ1) is 28.5. The van der Waals surface area contributed by atoms with Gasteiger partial charge >= 0.3 is 0 Å². The number of nitrogens with zero attached hydrogens (tertiary/aromatic N) is 2. The normalized spacial score (nSPS) is 14.4. The fraction of sp³-hybridized carbons (Fsp3) is 0.321. The van der Waals surface area contributed by atoms with Gasteiger partial charge in [0.05, 0.1) is 10.7 Å². The Balaban J connectivity index is 1.33. The van der Waals surface area contributed by atoms with Gasteiger partial charge in [-0.1, -0.05) is 37.6 Å². The summed E-state index contributed by atoms with van der Waals surface area (Å²) in [6, 6.07) is 12.5. The van der Waals surface area contributed by atoms with Gasteiger partial charge in [-0.3, -0.25) is 4.79 Å². The molecule has 1 N–H and O–H groups in total. The van der Waals surface area contributed by atoms with E-state index in [0.717, 1.165) is 11.3 Å². The third kappa shape index (κ3) is 6.21. The van der Waals surface area contributed by atoms with Gasteiger partial charge in [0, 0.05) is 31.9 Å². The number of carbonyl (C=O) groups excluding carboxylic acids is 1. The molecule has 39 heavy (non-hydrogen) atoms. The Morgan fingerprint density at radius 3 is 2.03 bits per heavy atom. The van der Waals surface area contributed by atoms with Crippen molar-refractivity contribution in [2.75, 3.05) is 47.9 Å². The van der Waals surface area contributed by atoms with Crippen molar-refractivity contribution in [3.8, 4) is 5.75 Å². The Morgan fingerprint density at radius 1 is 0.897 bits per heavy atom. The molecule has 3 aromatic carbocycles. The summed E-state index contributed by atoms with van der Waals surface area (Å²) in [5, 5.41) is 3.04. The molecule has 0 radical (unpaired) electrons. The zero-order valence-electron chi connectivity index (χ0n) is 21.3. The van der Waals surface area contributed by atoms with E-state index in [9.17, 15) is 26.7 Å². The first-order valence-corrected chi connectivity index (χ1v) is 12.8. The summed E-state index contributed by atoms with van der Waals surface area (Å²) >= 11 is 6.44. The number of benzene rings is 3. The van der Waals surface area contributed by atoms with Crippen LogP contribution >= 0.6 is 11.6 Å². The van der Waals surface area contributed by atoms with E-state index >= 15 is 0 Å². The number of anilines is 3. The van der Waals surface area contributed by atoms with Gasteiger partial charge in [-0.15, -0.1) is 0 Å². The van der Waals surface area contributed by atoms with Gasteiger partial charge in [-0.25, -0.2) is 22.0 Å². The minimum atomic E-state index is -2.19. The topological polar surface area (TPSA) is 44.8 Å². The fourth-order valence-corrected chi connectivity index (χ4v) is 4.66. The highest BCUT2D eigenvalue weighted by Gasteiger charge is 2.31. The number of hydrogen-bond acceptors (Lipinski definition) is 4. The van der Waals surface area contributed by atoms with E-state index in [-0.39, 0.29) is 38.7 Å². The van der Waals surface area contributed by atoms with E-state index in [2.05, 4.69) is 19.2 Å². The van der Waals surface area contributed by atoms with Gasteiger partial charge in [-0.05, 0) is 48.2 Å². The van der Waals surface area contributed by atoms with Crippen molar-refractivity contribution in [2.45, 2.75) is 26.2 Å². The van der Waals surface area contributed by atoms with Crippen molar-refractivity contribution in [3.05, 3.63) is 82.1 Å². The Labute approximate surface area is 228 Å². The predicted octanol–water partition coefficient (Wildman–Crippen LogP) is 6.89. The van der Waals surface area contributed by atoms with Crippen molar-refractivity contribution in [1.82, 2.24) is 0 Å². The molecular formula is C28H27ClF5N3O2. The molecule has 1 aliphatic rings. The summed E-state index contributed by atoms with van der Waals surface area (Å²) in [4.78, 5) is 15.3. The Hall–Kier alpha value is -3.53. The van der Waals surface area contributed by atoms with Crippen LogP contribution in [-0.4, -0.2) is 38.7 Å². The molecule has 0 aromatic heterocycles. The van der Waals surface area contributed by atoms with E-state index in [1.807, 2.05) is 29.2 Å². The van der Waals surface area contributed by atoms with Gasteiger partial charge in [0.1, 0.15) is 11.4 Å². The lowest BCUT2D eigenvalue weighted by atomic mass is 9.99. The highest BCUT2D eigenvalue weighted by atomic mass is 35.5. The van der Waals surface area contributed by atoms with Gasteiger partial charge in [0.25, 0.3) is 5.91 Å². The van der Waals surface area contributed by atoms with Crippen LogP contribution in [0.4, 0.5) is 39.0 Å². The van der Waals surface area contributed by atoms with Crippen LogP contribution in [0.25, 0.3) is 0 Å². The second kappa shape index (κ2) is 12.1. The zero-order valence-corrected chi connectivity index (χ0v) is 22.1. The summed E-state index contributed by atoms with van der Waals surface area (Å²) in [5.74, 6) is -9.21. The second-order valence-corrected chi connectivity index (χ2v) is 9.68. The second-order valence-electron chi connectivity index (χ2n) is 9.27. The number of halogens is 6. The lowest BCUT2D eigenvalue weighted by Crippen LogP contribution is -2.47. The van der Waals surface area contributed by atoms with E-state index < -0.39 is 34.8 Å². The first-order valence-electron chi connectivity index (χ1n) is 12.4. The average molecular weight is 568 g/mol. The van der Waals surface area contributed by atoms with Crippen LogP contribution < -0.4 is 19.9 Å². The molecule has 0 unspecified atom stereocenters. The molecule has 1 saturated heterocycles. The van der Waals surface area contributed by atoms with Crippen LogP contribution in [0.15, 0.2) is 42.5 Å². The molecule has 5 nitrogen and oxygen atoms in total. The third-order valence-corrected chi connectivity index (χ3v) is 7.09. The van der Waals surface area contributed by atoms with Crippen LogP contribution in [-0.2, 0) is 4.79 Å². The fourth-order valence-electron chi connectivity index (χ4n) is 4.36. The number of hydrogen-bond donors (Lipinski definition) is 1. The molecule has 3 aromatic rings. The van der Waals surface area contributed by atoms with Crippen molar-refractivity contribution in [1.29, 1.82) is 0 Å². The van der Waals surface area contributed by atoms with Crippen molar-refractivity contribution in [2.24, 2.45) is 0 Å². The Bertz CT molecular complexity index is 1320.